The Bertz CT molecular complexity index is 720. The average molecular weight is 287 g/mol. The Morgan fingerprint density at radius 2 is 1.75 bits per heavy atom. The molecule has 0 amide bonds. The zero-order valence-electron chi connectivity index (χ0n) is 11.3. The number of nitrogens with one attached hydrogen (secondary N) is 1. The third kappa shape index (κ3) is 2.49. The maximum absolute atomic E-state index is 12.4. The van der Waals surface area contributed by atoms with E-state index in [-0.39, 0.29) is 6.04 Å². The predicted octanol–water partition coefficient (Wildman–Crippen LogP) is 2.96. The molecule has 2 aromatic carbocycles. The molecule has 0 saturated heterocycles. The SMILES string of the molecule is Cc1ccc(S(=O)(=O)N[C@@H]2CCc3ccccc32)cc1. The van der Waals surface area contributed by atoms with Gasteiger partial charge in [-0.3, -0.25) is 0 Å². The van der Waals surface area contributed by atoms with Crippen LogP contribution in [-0.4, -0.2) is 8.42 Å². The number of hydrogen-bond acceptors (Lipinski definition) is 2. The summed E-state index contributed by atoms with van der Waals surface area (Å²) in [7, 11) is -3.45. The number of sulfonamides is 1. The van der Waals surface area contributed by atoms with E-state index in [9.17, 15) is 8.42 Å². The van der Waals surface area contributed by atoms with Crippen LogP contribution in [0.3, 0.4) is 0 Å². The molecule has 0 bridgehead atoms. The van der Waals surface area contributed by atoms with Gasteiger partial charge in [-0.2, -0.15) is 0 Å². The summed E-state index contributed by atoms with van der Waals surface area (Å²) >= 11 is 0. The summed E-state index contributed by atoms with van der Waals surface area (Å²) in [6, 6.07) is 14.8. The summed E-state index contributed by atoms with van der Waals surface area (Å²) in [5, 5.41) is 0. The number of hydrogen-bond donors (Lipinski definition) is 1. The molecule has 2 aromatic rings. The first-order valence-corrected chi connectivity index (χ1v) is 8.21. The van der Waals surface area contributed by atoms with Gasteiger partial charge in [0, 0.05) is 6.04 Å². The molecular formula is C16H17NO2S. The maximum Gasteiger partial charge on any atom is 0.241 e. The molecule has 1 atom stereocenters. The van der Waals surface area contributed by atoms with Crippen LogP contribution in [-0.2, 0) is 16.4 Å². The van der Waals surface area contributed by atoms with Crippen LogP contribution >= 0.6 is 0 Å². The van der Waals surface area contributed by atoms with Crippen molar-refractivity contribution in [2.75, 3.05) is 0 Å². The summed E-state index contributed by atoms with van der Waals surface area (Å²) in [5.41, 5.74) is 3.39. The van der Waals surface area contributed by atoms with Gasteiger partial charge in [0.25, 0.3) is 0 Å². The minimum Gasteiger partial charge on any atom is -0.207 e. The second-order valence-corrected chi connectivity index (χ2v) is 6.94. The van der Waals surface area contributed by atoms with Crippen molar-refractivity contribution in [2.45, 2.75) is 30.7 Å². The topological polar surface area (TPSA) is 46.2 Å². The lowest BCUT2D eigenvalue weighted by molar-refractivity contribution is 0.554. The molecule has 0 aliphatic heterocycles. The van der Waals surface area contributed by atoms with Crippen LogP contribution in [0.25, 0.3) is 0 Å². The summed E-state index contributed by atoms with van der Waals surface area (Å²) < 4.78 is 27.6. The monoisotopic (exact) mass is 287 g/mol. The molecule has 20 heavy (non-hydrogen) atoms. The lowest BCUT2D eigenvalue weighted by Crippen LogP contribution is -2.27. The molecular weight excluding hydrogens is 270 g/mol. The highest BCUT2D eigenvalue weighted by molar-refractivity contribution is 7.89. The predicted molar refractivity (Wildman–Crippen MR) is 79.0 cm³/mol. The van der Waals surface area contributed by atoms with Gasteiger partial charge in [0.05, 0.1) is 4.90 Å². The van der Waals surface area contributed by atoms with Crippen molar-refractivity contribution >= 4 is 10.0 Å². The van der Waals surface area contributed by atoms with Crippen LogP contribution in [0.1, 0.15) is 29.2 Å². The highest BCUT2D eigenvalue weighted by Gasteiger charge is 2.26. The fourth-order valence-corrected chi connectivity index (χ4v) is 3.90. The molecule has 3 nitrogen and oxygen atoms in total. The van der Waals surface area contributed by atoms with Crippen molar-refractivity contribution in [3.63, 3.8) is 0 Å². The van der Waals surface area contributed by atoms with E-state index in [1.807, 2.05) is 37.3 Å². The van der Waals surface area contributed by atoms with E-state index in [1.165, 1.54) is 5.56 Å². The number of aryl methyl sites for hydroxylation is 2. The van der Waals surface area contributed by atoms with Gasteiger partial charge in [-0.15, -0.1) is 0 Å². The summed E-state index contributed by atoms with van der Waals surface area (Å²) in [5.74, 6) is 0. The van der Waals surface area contributed by atoms with Crippen molar-refractivity contribution in [1.82, 2.24) is 4.72 Å². The molecule has 0 radical (unpaired) electrons. The van der Waals surface area contributed by atoms with E-state index in [2.05, 4.69) is 10.8 Å². The molecule has 0 spiro atoms. The summed E-state index contributed by atoms with van der Waals surface area (Å²) in [6.07, 6.45) is 1.75. The van der Waals surface area contributed by atoms with Gasteiger partial charge in [-0.05, 0) is 43.0 Å². The van der Waals surface area contributed by atoms with Gasteiger partial charge in [0.1, 0.15) is 0 Å². The van der Waals surface area contributed by atoms with Crippen molar-refractivity contribution < 1.29 is 8.42 Å². The fourth-order valence-electron chi connectivity index (χ4n) is 2.65. The lowest BCUT2D eigenvalue weighted by atomic mass is 10.1. The molecule has 0 saturated carbocycles. The van der Waals surface area contributed by atoms with Crippen LogP contribution < -0.4 is 4.72 Å². The molecule has 104 valence electrons. The zero-order valence-corrected chi connectivity index (χ0v) is 12.2. The van der Waals surface area contributed by atoms with E-state index >= 15 is 0 Å². The molecule has 1 N–H and O–H groups in total. The second-order valence-electron chi connectivity index (χ2n) is 5.22. The first-order valence-electron chi connectivity index (χ1n) is 6.73. The smallest absolute Gasteiger partial charge is 0.207 e. The van der Waals surface area contributed by atoms with E-state index in [0.29, 0.717) is 4.90 Å². The molecule has 3 rings (SSSR count). The molecule has 1 aliphatic rings. The quantitative estimate of drug-likeness (QED) is 0.943. The second kappa shape index (κ2) is 5.04. The minimum atomic E-state index is -3.45. The Morgan fingerprint density at radius 1 is 1.05 bits per heavy atom. The van der Waals surface area contributed by atoms with Crippen LogP contribution in [0.5, 0.6) is 0 Å². The number of rotatable bonds is 3. The molecule has 0 fully saturated rings. The number of benzene rings is 2. The van der Waals surface area contributed by atoms with Crippen LogP contribution in [0.2, 0.25) is 0 Å². The Kier molecular flexibility index (Phi) is 3.36. The van der Waals surface area contributed by atoms with Crippen LogP contribution in [0.15, 0.2) is 53.4 Å². The van der Waals surface area contributed by atoms with Gasteiger partial charge >= 0.3 is 0 Å². The third-order valence-corrected chi connectivity index (χ3v) is 5.25. The Hall–Kier alpha value is -1.65. The van der Waals surface area contributed by atoms with Gasteiger partial charge in [-0.1, -0.05) is 42.0 Å². The Labute approximate surface area is 119 Å². The Morgan fingerprint density at radius 3 is 2.50 bits per heavy atom. The summed E-state index contributed by atoms with van der Waals surface area (Å²) in [4.78, 5) is 0.326. The van der Waals surface area contributed by atoms with Gasteiger partial charge < -0.3 is 0 Å². The largest absolute Gasteiger partial charge is 0.241 e. The molecule has 1 aliphatic carbocycles. The Balaban J connectivity index is 1.86. The van der Waals surface area contributed by atoms with E-state index < -0.39 is 10.0 Å². The van der Waals surface area contributed by atoms with Gasteiger partial charge in [0.15, 0.2) is 0 Å². The molecule has 0 heterocycles. The van der Waals surface area contributed by atoms with E-state index in [1.54, 1.807) is 12.1 Å². The maximum atomic E-state index is 12.4. The van der Waals surface area contributed by atoms with Crippen molar-refractivity contribution in [2.24, 2.45) is 0 Å². The minimum absolute atomic E-state index is 0.113. The third-order valence-electron chi connectivity index (χ3n) is 3.76. The highest BCUT2D eigenvalue weighted by Crippen LogP contribution is 2.31. The average Bonchev–Trinajstić information content (AvgIpc) is 2.82. The van der Waals surface area contributed by atoms with E-state index in [4.69, 9.17) is 0 Å². The van der Waals surface area contributed by atoms with Crippen LogP contribution in [0, 0.1) is 6.92 Å². The first kappa shape index (κ1) is 13.3. The summed E-state index contributed by atoms with van der Waals surface area (Å²) in [6.45, 7) is 1.94. The van der Waals surface area contributed by atoms with Crippen molar-refractivity contribution in [3.8, 4) is 0 Å². The van der Waals surface area contributed by atoms with Crippen LogP contribution in [0.4, 0.5) is 0 Å². The molecule has 0 aromatic heterocycles. The van der Waals surface area contributed by atoms with Gasteiger partial charge in [0.2, 0.25) is 10.0 Å². The standard InChI is InChI=1S/C16H17NO2S/c1-12-6-9-14(10-7-12)20(18,19)17-16-11-8-13-4-2-3-5-15(13)16/h2-7,9-10,16-17H,8,11H2,1H3/t16-/m1/s1. The van der Waals surface area contributed by atoms with Gasteiger partial charge in [-0.25, -0.2) is 13.1 Å². The van der Waals surface area contributed by atoms with E-state index in [0.717, 1.165) is 24.0 Å². The fraction of sp³-hybridized carbons (Fsp3) is 0.250. The normalized spacial score (nSPS) is 17.9. The van der Waals surface area contributed by atoms with Crippen molar-refractivity contribution in [3.05, 3.63) is 65.2 Å². The number of fused-ring (bicyclic) bond motifs is 1. The molecule has 4 heteroatoms. The highest BCUT2D eigenvalue weighted by atomic mass is 32.2. The molecule has 0 unspecified atom stereocenters. The first-order chi connectivity index (χ1) is 9.56. The zero-order chi connectivity index (χ0) is 14.2. The van der Waals surface area contributed by atoms with Crippen molar-refractivity contribution in [1.29, 1.82) is 0 Å². The lowest BCUT2D eigenvalue weighted by Gasteiger charge is -2.14.